The van der Waals surface area contributed by atoms with Crippen LogP contribution in [0.5, 0.6) is 5.75 Å². The normalized spacial score (nSPS) is 15.3. The molecule has 0 atom stereocenters. The minimum atomic E-state index is -3.21. The van der Waals surface area contributed by atoms with Crippen LogP contribution in [0.3, 0.4) is 0 Å². The Labute approximate surface area is 123 Å². The van der Waals surface area contributed by atoms with Crippen LogP contribution in [0.4, 0.5) is 0 Å². The lowest BCUT2D eigenvalue weighted by molar-refractivity contribution is 0.368. The average Bonchev–Trinajstić information content (AvgIpc) is 3.17. The molecule has 0 amide bonds. The molecule has 3 rings (SSSR count). The average molecular weight is 307 g/mol. The van der Waals surface area contributed by atoms with Crippen molar-refractivity contribution in [2.75, 3.05) is 6.26 Å². The summed E-state index contributed by atoms with van der Waals surface area (Å²) in [6.07, 6.45) is 3.68. The lowest BCUT2D eigenvalue weighted by Crippen LogP contribution is -2.00. The van der Waals surface area contributed by atoms with Crippen molar-refractivity contribution >= 4 is 9.84 Å². The maximum Gasteiger partial charge on any atom is 0.182 e. The monoisotopic (exact) mass is 307 g/mol. The molecule has 1 fully saturated rings. The van der Waals surface area contributed by atoms with Gasteiger partial charge in [0.25, 0.3) is 0 Å². The number of hydrogen-bond acceptors (Lipinski definition) is 5. The molecule has 1 aromatic carbocycles. The van der Waals surface area contributed by atoms with Gasteiger partial charge in [0.1, 0.15) is 5.69 Å². The summed E-state index contributed by atoms with van der Waals surface area (Å²) in [4.78, 5) is 0.298. The van der Waals surface area contributed by atoms with Gasteiger partial charge in [0, 0.05) is 18.6 Å². The van der Waals surface area contributed by atoms with Crippen LogP contribution in [0.1, 0.15) is 41.3 Å². The molecule has 21 heavy (non-hydrogen) atoms. The molecule has 1 heterocycles. The predicted octanol–water partition coefficient (Wildman–Crippen LogP) is 2.56. The first-order valence-corrected chi connectivity index (χ1v) is 8.72. The maximum absolute atomic E-state index is 11.5. The van der Waals surface area contributed by atoms with Crippen molar-refractivity contribution in [3.05, 3.63) is 40.8 Å². The smallest absolute Gasteiger partial charge is 0.182 e. The number of aromatic nitrogens is 1. The summed E-state index contributed by atoms with van der Waals surface area (Å²) in [6, 6.07) is 4.98. The van der Waals surface area contributed by atoms with Crippen LogP contribution < -0.4 is 0 Å². The molecular weight excluding hydrogens is 290 g/mol. The van der Waals surface area contributed by atoms with Gasteiger partial charge in [-0.25, -0.2) is 8.42 Å². The zero-order chi connectivity index (χ0) is 15.2. The van der Waals surface area contributed by atoms with Crippen molar-refractivity contribution in [1.29, 1.82) is 0 Å². The molecule has 5 nitrogen and oxygen atoms in total. The SMILES string of the molecule is Cc1cc(S(C)(=O)=O)ccc1Cc1noc(C2CC2)c1O. The third kappa shape index (κ3) is 2.81. The highest BCUT2D eigenvalue weighted by Gasteiger charge is 2.32. The molecule has 0 unspecified atom stereocenters. The Kier molecular flexibility index (Phi) is 3.28. The predicted molar refractivity (Wildman–Crippen MR) is 77.2 cm³/mol. The van der Waals surface area contributed by atoms with Gasteiger partial charge in [-0.05, 0) is 43.0 Å². The van der Waals surface area contributed by atoms with Gasteiger partial charge in [0.15, 0.2) is 21.3 Å². The van der Waals surface area contributed by atoms with E-state index in [1.165, 1.54) is 6.26 Å². The first-order chi connectivity index (χ1) is 9.86. The van der Waals surface area contributed by atoms with Gasteiger partial charge in [-0.2, -0.15) is 0 Å². The van der Waals surface area contributed by atoms with Crippen molar-refractivity contribution in [1.82, 2.24) is 5.16 Å². The van der Waals surface area contributed by atoms with Gasteiger partial charge < -0.3 is 9.63 Å². The Hall–Kier alpha value is -1.82. The summed E-state index contributed by atoms with van der Waals surface area (Å²) in [5.41, 5.74) is 2.29. The highest BCUT2D eigenvalue weighted by atomic mass is 32.2. The molecule has 6 heteroatoms. The maximum atomic E-state index is 11.5. The molecule has 0 aliphatic heterocycles. The largest absolute Gasteiger partial charge is 0.503 e. The van der Waals surface area contributed by atoms with Crippen LogP contribution in [-0.2, 0) is 16.3 Å². The zero-order valence-electron chi connectivity index (χ0n) is 12.0. The fourth-order valence-corrected chi connectivity index (χ4v) is 3.05. The van der Waals surface area contributed by atoms with Gasteiger partial charge in [-0.15, -0.1) is 0 Å². The molecule has 2 aromatic rings. The quantitative estimate of drug-likeness (QED) is 0.939. The summed E-state index contributed by atoms with van der Waals surface area (Å²) in [5.74, 6) is 1.03. The van der Waals surface area contributed by atoms with Gasteiger partial charge in [-0.3, -0.25) is 0 Å². The summed E-state index contributed by atoms with van der Waals surface area (Å²) in [6.45, 7) is 1.85. The van der Waals surface area contributed by atoms with Gasteiger partial charge in [0.05, 0.1) is 4.90 Å². The van der Waals surface area contributed by atoms with Gasteiger partial charge in [0.2, 0.25) is 0 Å². The van der Waals surface area contributed by atoms with E-state index in [9.17, 15) is 13.5 Å². The molecule has 1 saturated carbocycles. The summed E-state index contributed by atoms with van der Waals surface area (Å²) in [5, 5.41) is 14.1. The van der Waals surface area contributed by atoms with Crippen molar-refractivity contribution in [3.63, 3.8) is 0 Å². The first-order valence-electron chi connectivity index (χ1n) is 6.83. The van der Waals surface area contributed by atoms with Crippen LogP contribution in [0.2, 0.25) is 0 Å². The van der Waals surface area contributed by atoms with E-state index < -0.39 is 9.84 Å². The van der Waals surface area contributed by atoms with Crippen LogP contribution in [0.15, 0.2) is 27.6 Å². The van der Waals surface area contributed by atoms with Gasteiger partial charge in [-0.1, -0.05) is 11.2 Å². The lowest BCUT2D eigenvalue weighted by atomic mass is 10.0. The van der Waals surface area contributed by atoms with Crippen LogP contribution in [-0.4, -0.2) is 24.9 Å². The molecular formula is C15H17NO4S. The number of aryl methyl sites for hydroxylation is 1. The van der Waals surface area contributed by atoms with E-state index in [2.05, 4.69) is 5.16 Å². The van der Waals surface area contributed by atoms with Crippen molar-refractivity contribution in [3.8, 4) is 5.75 Å². The van der Waals surface area contributed by atoms with Crippen LogP contribution >= 0.6 is 0 Å². The third-order valence-electron chi connectivity index (χ3n) is 3.81. The molecule has 0 spiro atoms. The van der Waals surface area contributed by atoms with E-state index in [1.54, 1.807) is 18.2 Å². The molecule has 0 bridgehead atoms. The molecule has 1 N–H and O–H groups in total. The van der Waals surface area contributed by atoms with E-state index in [0.717, 1.165) is 24.0 Å². The second-order valence-corrected chi connectivity index (χ2v) is 7.67. The minimum absolute atomic E-state index is 0.143. The standard InChI is InChI=1S/C15H17NO4S/c1-9-7-12(21(2,18)19)6-5-11(9)8-13-14(17)15(20-16-13)10-3-4-10/h5-7,10,17H,3-4,8H2,1-2H3. The fraction of sp³-hybridized carbons (Fsp3) is 0.400. The third-order valence-corrected chi connectivity index (χ3v) is 4.92. The number of hydrogen-bond donors (Lipinski definition) is 1. The number of nitrogens with zero attached hydrogens (tertiary/aromatic N) is 1. The van der Waals surface area contributed by atoms with Crippen LogP contribution in [0, 0.1) is 6.92 Å². The van der Waals surface area contributed by atoms with Crippen molar-refractivity contribution < 1.29 is 18.0 Å². The lowest BCUT2D eigenvalue weighted by Gasteiger charge is -2.06. The molecule has 1 aromatic heterocycles. The van der Waals surface area contributed by atoms with E-state index in [0.29, 0.717) is 28.7 Å². The molecule has 1 aliphatic rings. The zero-order valence-corrected chi connectivity index (χ0v) is 12.8. The Bertz CT molecular complexity index is 788. The number of benzene rings is 1. The Morgan fingerprint density at radius 1 is 1.38 bits per heavy atom. The summed E-state index contributed by atoms with van der Waals surface area (Å²) < 4.78 is 28.3. The Morgan fingerprint density at radius 3 is 2.67 bits per heavy atom. The summed E-state index contributed by atoms with van der Waals surface area (Å²) >= 11 is 0. The highest BCUT2D eigenvalue weighted by molar-refractivity contribution is 7.90. The highest BCUT2D eigenvalue weighted by Crippen LogP contribution is 2.45. The minimum Gasteiger partial charge on any atom is -0.503 e. The summed E-state index contributed by atoms with van der Waals surface area (Å²) in [7, 11) is -3.21. The Morgan fingerprint density at radius 2 is 2.10 bits per heavy atom. The first kappa shape index (κ1) is 14.1. The van der Waals surface area contributed by atoms with E-state index >= 15 is 0 Å². The number of rotatable bonds is 4. The Balaban J connectivity index is 1.88. The second-order valence-electron chi connectivity index (χ2n) is 5.65. The van der Waals surface area contributed by atoms with Crippen molar-refractivity contribution in [2.24, 2.45) is 0 Å². The van der Waals surface area contributed by atoms with Crippen LogP contribution in [0.25, 0.3) is 0 Å². The topological polar surface area (TPSA) is 80.4 Å². The number of sulfone groups is 1. The molecule has 112 valence electrons. The van der Waals surface area contributed by atoms with E-state index in [1.807, 2.05) is 6.92 Å². The van der Waals surface area contributed by atoms with E-state index in [-0.39, 0.29) is 5.75 Å². The number of aromatic hydroxyl groups is 1. The molecule has 0 saturated heterocycles. The molecule has 0 radical (unpaired) electrons. The van der Waals surface area contributed by atoms with E-state index in [4.69, 9.17) is 4.52 Å². The fourth-order valence-electron chi connectivity index (χ4n) is 2.34. The molecule has 1 aliphatic carbocycles. The van der Waals surface area contributed by atoms with Crippen molar-refractivity contribution in [2.45, 2.75) is 37.0 Å². The second kappa shape index (κ2) is 4.87. The van der Waals surface area contributed by atoms with Gasteiger partial charge >= 0.3 is 0 Å².